The monoisotopic (exact) mass is 456 g/mol. The lowest BCUT2D eigenvalue weighted by atomic mass is 10.0. The van der Waals surface area contributed by atoms with Gasteiger partial charge in [-0.25, -0.2) is 18.7 Å². The molecule has 32 heavy (non-hydrogen) atoms. The second-order valence-corrected chi connectivity index (χ2v) is 8.04. The van der Waals surface area contributed by atoms with Crippen LogP contribution in [0.5, 0.6) is 5.75 Å². The molecule has 8 nitrogen and oxygen atoms in total. The Balaban J connectivity index is 1.72. The average molecular weight is 456 g/mol. The molecule has 0 aromatic carbocycles. The van der Waals surface area contributed by atoms with E-state index in [2.05, 4.69) is 24.6 Å². The highest BCUT2D eigenvalue weighted by molar-refractivity contribution is 5.68. The van der Waals surface area contributed by atoms with Crippen molar-refractivity contribution in [3.05, 3.63) is 18.3 Å². The van der Waals surface area contributed by atoms with Crippen molar-refractivity contribution in [2.75, 3.05) is 41.8 Å². The Morgan fingerprint density at radius 3 is 2.56 bits per heavy atom. The van der Waals surface area contributed by atoms with E-state index in [9.17, 15) is 17.6 Å². The van der Waals surface area contributed by atoms with Crippen LogP contribution in [-0.2, 0) is 4.74 Å². The van der Waals surface area contributed by atoms with Crippen LogP contribution in [-0.4, -0.2) is 66.4 Å². The van der Waals surface area contributed by atoms with Gasteiger partial charge >= 0.3 is 6.61 Å². The molecule has 0 bridgehead atoms. The summed E-state index contributed by atoms with van der Waals surface area (Å²) in [6.45, 7) is 2.23. The molecule has 0 unspecified atom stereocenters. The largest absolute Gasteiger partial charge is 0.431 e. The Hall–Kier alpha value is -2.89. The highest BCUT2D eigenvalue weighted by Crippen LogP contribution is 2.33. The number of nitrogens with zero attached hydrogens (tertiary/aromatic N) is 5. The quantitative estimate of drug-likeness (QED) is 0.664. The zero-order chi connectivity index (χ0) is 23.0. The summed E-state index contributed by atoms with van der Waals surface area (Å²) >= 11 is 0. The predicted octanol–water partition coefficient (Wildman–Crippen LogP) is 3.04. The maximum Gasteiger partial charge on any atom is 0.387 e. The summed E-state index contributed by atoms with van der Waals surface area (Å²) in [5.41, 5.74) is 6.43. The van der Waals surface area contributed by atoms with Crippen LogP contribution in [0.2, 0.25) is 0 Å². The van der Waals surface area contributed by atoms with E-state index in [1.54, 1.807) is 11.0 Å². The van der Waals surface area contributed by atoms with Crippen LogP contribution in [0.25, 0.3) is 11.3 Å². The number of alkyl halides is 4. The second kappa shape index (κ2) is 8.93. The van der Waals surface area contributed by atoms with Crippen molar-refractivity contribution in [2.24, 2.45) is 5.92 Å². The Labute approximate surface area is 182 Å². The average Bonchev–Trinajstić information content (AvgIpc) is 2.69. The summed E-state index contributed by atoms with van der Waals surface area (Å²) in [6.07, 6.45) is -1.04. The van der Waals surface area contributed by atoms with Crippen LogP contribution in [0.15, 0.2) is 18.3 Å². The van der Waals surface area contributed by atoms with Gasteiger partial charge < -0.3 is 25.0 Å². The number of pyridine rings is 1. The molecule has 4 rings (SSSR count). The Kier molecular flexibility index (Phi) is 6.22. The van der Waals surface area contributed by atoms with Gasteiger partial charge in [0.25, 0.3) is 0 Å². The highest BCUT2D eigenvalue weighted by atomic mass is 19.3. The Morgan fingerprint density at radius 1 is 1.12 bits per heavy atom. The number of rotatable bonds is 6. The van der Waals surface area contributed by atoms with Gasteiger partial charge in [-0.3, -0.25) is 0 Å². The molecule has 2 aliphatic rings. The predicted molar refractivity (Wildman–Crippen MR) is 110 cm³/mol. The maximum atomic E-state index is 13.0. The molecule has 2 aromatic rings. The summed E-state index contributed by atoms with van der Waals surface area (Å²) in [7, 11) is 0. The van der Waals surface area contributed by atoms with Gasteiger partial charge in [-0.2, -0.15) is 13.8 Å². The normalized spacial score (nSPS) is 21.9. The minimum absolute atomic E-state index is 0.0225. The number of halogens is 4. The van der Waals surface area contributed by atoms with Crippen LogP contribution >= 0.6 is 0 Å². The smallest absolute Gasteiger partial charge is 0.387 e. The molecule has 0 aliphatic carbocycles. The van der Waals surface area contributed by atoms with Gasteiger partial charge in [-0.15, -0.1) is 0 Å². The van der Waals surface area contributed by atoms with Crippen LogP contribution in [0.4, 0.5) is 35.1 Å². The minimum Gasteiger partial charge on any atom is -0.431 e. The lowest BCUT2D eigenvalue weighted by molar-refractivity contribution is -0.0494. The maximum absolute atomic E-state index is 13.0. The van der Waals surface area contributed by atoms with Crippen LogP contribution < -0.4 is 20.3 Å². The first-order chi connectivity index (χ1) is 15.2. The van der Waals surface area contributed by atoms with Crippen molar-refractivity contribution in [1.82, 2.24) is 15.0 Å². The molecule has 2 N–H and O–H groups in total. The van der Waals surface area contributed by atoms with Crippen molar-refractivity contribution >= 4 is 17.6 Å². The fraction of sp³-hybridized carbons (Fsp3) is 0.550. The number of nitrogens with two attached hydrogens (primary N) is 1. The van der Waals surface area contributed by atoms with Gasteiger partial charge in [0.2, 0.25) is 12.4 Å². The van der Waals surface area contributed by atoms with Gasteiger partial charge in [-0.05, 0) is 19.9 Å². The molecule has 2 atom stereocenters. The Morgan fingerprint density at radius 2 is 1.88 bits per heavy atom. The van der Waals surface area contributed by atoms with E-state index in [0.717, 1.165) is 0 Å². The molecule has 174 valence electrons. The number of nitrogen functional groups attached to an aromatic ring is 1. The molecular weight excluding hydrogens is 432 g/mol. The summed E-state index contributed by atoms with van der Waals surface area (Å²) in [5, 5.41) is 0. The fourth-order valence-corrected chi connectivity index (χ4v) is 3.70. The van der Waals surface area contributed by atoms with Crippen LogP contribution in [0.3, 0.4) is 0 Å². The van der Waals surface area contributed by atoms with Gasteiger partial charge in [0, 0.05) is 37.5 Å². The zero-order valence-electron chi connectivity index (χ0n) is 17.6. The minimum atomic E-state index is -3.06. The van der Waals surface area contributed by atoms with Gasteiger partial charge in [0.05, 0.1) is 30.4 Å². The molecule has 4 heterocycles. The van der Waals surface area contributed by atoms with Gasteiger partial charge in [0.15, 0.2) is 11.6 Å². The topological polar surface area (TPSA) is 89.6 Å². The van der Waals surface area contributed by atoms with Crippen LogP contribution in [0, 0.1) is 5.92 Å². The third kappa shape index (κ3) is 4.64. The zero-order valence-corrected chi connectivity index (χ0v) is 17.6. The van der Waals surface area contributed by atoms with Crippen molar-refractivity contribution < 1.29 is 27.0 Å². The number of ether oxygens (including phenoxy) is 2. The van der Waals surface area contributed by atoms with Gasteiger partial charge in [-0.1, -0.05) is 0 Å². The Bertz CT molecular complexity index is 960. The lowest BCUT2D eigenvalue weighted by Gasteiger charge is -2.40. The van der Waals surface area contributed by atoms with Crippen molar-refractivity contribution in [2.45, 2.75) is 39.0 Å². The van der Waals surface area contributed by atoms with Crippen molar-refractivity contribution in [3.8, 4) is 17.0 Å². The van der Waals surface area contributed by atoms with E-state index in [0.29, 0.717) is 30.2 Å². The number of aromatic nitrogens is 3. The SMILES string of the molecule is C[C@H]1CN(c2cc(-c3cnc(N)c(OC(F)F)c3)nc(N3CC(C(F)F)C3)n2)[C@@H](C)CO1. The first-order valence-corrected chi connectivity index (χ1v) is 10.2. The molecule has 2 aromatic heterocycles. The van der Waals surface area contributed by atoms with Crippen LogP contribution in [0.1, 0.15) is 13.8 Å². The third-order valence-electron chi connectivity index (χ3n) is 5.55. The molecular formula is C20H24F4N6O2. The summed E-state index contributed by atoms with van der Waals surface area (Å²) in [5.74, 6) is -0.316. The number of hydrogen-bond donors (Lipinski definition) is 1. The molecule has 0 radical (unpaired) electrons. The standard InChI is InChI=1S/C20H24F4N6O2/c1-10-9-31-11(2)6-30(10)16-4-14(12-3-15(32-19(23)24)18(25)26-5-12)27-20(28-16)29-7-13(8-29)17(21)22/h3-5,10-11,13,17,19H,6-9H2,1-2H3,(H2,25,26)/t10-,11-/m0/s1. The fourth-order valence-electron chi connectivity index (χ4n) is 3.70. The molecule has 2 aliphatic heterocycles. The molecule has 0 saturated carbocycles. The first kappa shape index (κ1) is 22.3. The van der Waals surface area contributed by atoms with Crippen molar-refractivity contribution in [3.63, 3.8) is 0 Å². The van der Waals surface area contributed by atoms with E-state index in [-0.39, 0.29) is 42.8 Å². The molecule has 0 spiro atoms. The summed E-state index contributed by atoms with van der Waals surface area (Å²) in [6, 6.07) is 3.06. The van der Waals surface area contributed by atoms with E-state index in [1.165, 1.54) is 12.3 Å². The third-order valence-corrected chi connectivity index (χ3v) is 5.55. The highest BCUT2D eigenvalue weighted by Gasteiger charge is 2.36. The lowest BCUT2D eigenvalue weighted by Crippen LogP contribution is -2.51. The van der Waals surface area contributed by atoms with E-state index in [1.807, 2.05) is 13.8 Å². The van der Waals surface area contributed by atoms with E-state index >= 15 is 0 Å². The van der Waals surface area contributed by atoms with E-state index < -0.39 is 19.0 Å². The van der Waals surface area contributed by atoms with Gasteiger partial charge in [0.1, 0.15) is 5.82 Å². The number of anilines is 3. The number of hydrogen-bond acceptors (Lipinski definition) is 8. The molecule has 0 amide bonds. The molecule has 12 heteroatoms. The second-order valence-electron chi connectivity index (χ2n) is 8.04. The summed E-state index contributed by atoms with van der Waals surface area (Å²) in [4.78, 5) is 16.8. The first-order valence-electron chi connectivity index (χ1n) is 10.2. The van der Waals surface area contributed by atoms with Crippen molar-refractivity contribution in [1.29, 1.82) is 0 Å². The van der Waals surface area contributed by atoms with E-state index in [4.69, 9.17) is 10.5 Å². The summed E-state index contributed by atoms with van der Waals surface area (Å²) < 4.78 is 61.5. The number of morpholine rings is 1. The molecule has 2 fully saturated rings. The molecule has 2 saturated heterocycles.